The average Bonchev–Trinajstić information content (AvgIpc) is 3.14. The number of nitrogens with zero attached hydrogens (tertiary/aromatic N) is 2. The minimum atomic E-state index is -0.128. The van der Waals surface area contributed by atoms with Gasteiger partial charge in [-0.25, -0.2) is 0 Å². The number of carbonyl (C=O) groups is 1. The third-order valence-electron chi connectivity index (χ3n) is 5.31. The standard InChI is InChI=1S/C18H31N5O/c1-12(2)21-18(24)16-8-15(19)11-23(16)10-14-9-20-22-17(14)13-6-4-3-5-7-13/h9,12-13,15-16H,3-8,10-11,19H2,1-2H3,(H,20,22)(H,21,24)/t15-,16+/m1/s1. The lowest BCUT2D eigenvalue weighted by Crippen LogP contribution is -2.45. The molecule has 24 heavy (non-hydrogen) atoms. The lowest BCUT2D eigenvalue weighted by molar-refractivity contribution is -0.126. The molecule has 1 aromatic rings. The van der Waals surface area contributed by atoms with Gasteiger partial charge in [-0.2, -0.15) is 5.10 Å². The number of rotatable bonds is 5. The number of nitrogens with one attached hydrogen (secondary N) is 2. The first-order chi connectivity index (χ1) is 11.5. The Morgan fingerprint density at radius 3 is 2.88 bits per heavy atom. The van der Waals surface area contributed by atoms with E-state index < -0.39 is 0 Å². The lowest BCUT2D eigenvalue weighted by atomic mass is 9.85. The number of carbonyl (C=O) groups excluding carboxylic acids is 1. The number of amides is 1. The summed E-state index contributed by atoms with van der Waals surface area (Å²) in [5, 5.41) is 10.6. The Kier molecular flexibility index (Phi) is 5.56. The van der Waals surface area contributed by atoms with Crippen molar-refractivity contribution in [2.24, 2.45) is 5.73 Å². The van der Waals surface area contributed by atoms with Gasteiger partial charge < -0.3 is 11.1 Å². The van der Waals surface area contributed by atoms with E-state index >= 15 is 0 Å². The number of hydrogen-bond donors (Lipinski definition) is 3. The zero-order chi connectivity index (χ0) is 17.1. The summed E-state index contributed by atoms with van der Waals surface area (Å²) < 4.78 is 0. The summed E-state index contributed by atoms with van der Waals surface area (Å²) in [4.78, 5) is 14.7. The fraction of sp³-hybridized carbons (Fsp3) is 0.778. The molecule has 0 radical (unpaired) electrons. The molecule has 2 heterocycles. The molecule has 1 aliphatic carbocycles. The molecule has 1 amide bonds. The van der Waals surface area contributed by atoms with Gasteiger partial charge in [0.25, 0.3) is 0 Å². The molecule has 1 aromatic heterocycles. The molecular formula is C18H31N5O. The van der Waals surface area contributed by atoms with Crippen molar-refractivity contribution in [1.29, 1.82) is 0 Å². The highest BCUT2D eigenvalue weighted by Gasteiger charge is 2.36. The van der Waals surface area contributed by atoms with Crippen LogP contribution in [0.25, 0.3) is 0 Å². The van der Waals surface area contributed by atoms with E-state index in [1.807, 2.05) is 20.0 Å². The van der Waals surface area contributed by atoms with Crippen LogP contribution in [0.1, 0.15) is 69.5 Å². The first kappa shape index (κ1) is 17.4. The van der Waals surface area contributed by atoms with E-state index in [1.54, 1.807) is 0 Å². The van der Waals surface area contributed by atoms with Crippen LogP contribution >= 0.6 is 0 Å². The summed E-state index contributed by atoms with van der Waals surface area (Å²) in [5.74, 6) is 0.691. The number of aromatic nitrogens is 2. The SMILES string of the molecule is CC(C)NC(=O)[C@@H]1C[C@@H](N)CN1Cc1cn[nH]c1C1CCCCC1. The van der Waals surface area contributed by atoms with Crippen LogP contribution in [-0.2, 0) is 11.3 Å². The minimum Gasteiger partial charge on any atom is -0.353 e. The first-order valence-corrected chi connectivity index (χ1v) is 9.36. The predicted molar refractivity (Wildman–Crippen MR) is 94.5 cm³/mol. The van der Waals surface area contributed by atoms with Gasteiger partial charge in [-0.05, 0) is 33.1 Å². The topological polar surface area (TPSA) is 87.0 Å². The van der Waals surface area contributed by atoms with E-state index in [2.05, 4.69) is 20.4 Å². The fourth-order valence-corrected chi connectivity index (χ4v) is 4.18. The summed E-state index contributed by atoms with van der Waals surface area (Å²) in [7, 11) is 0. The van der Waals surface area contributed by atoms with Crippen LogP contribution in [-0.4, -0.2) is 45.7 Å². The van der Waals surface area contributed by atoms with Gasteiger partial charge >= 0.3 is 0 Å². The molecule has 134 valence electrons. The molecule has 4 N–H and O–H groups in total. The van der Waals surface area contributed by atoms with Crippen LogP contribution < -0.4 is 11.1 Å². The van der Waals surface area contributed by atoms with Gasteiger partial charge in [0.2, 0.25) is 5.91 Å². The molecule has 0 bridgehead atoms. The van der Waals surface area contributed by atoms with Crippen molar-refractivity contribution >= 4 is 5.91 Å². The highest BCUT2D eigenvalue weighted by atomic mass is 16.2. The average molecular weight is 333 g/mol. The maximum absolute atomic E-state index is 12.5. The van der Waals surface area contributed by atoms with Crippen LogP contribution in [0.15, 0.2) is 6.20 Å². The zero-order valence-electron chi connectivity index (χ0n) is 14.9. The molecule has 0 aromatic carbocycles. The molecule has 6 nitrogen and oxygen atoms in total. The third kappa shape index (κ3) is 3.98. The second-order valence-corrected chi connectivity index (χ2v) is 7.75. The van der Waals surface area contributed by atoms with Crippen molar-refractivity contribution in [1.82, 2.24) is 20.4 Å². The van der Waals surface area contributed by atoms with Crippen LogP contribution in [0.5, 0.6) is 0 Å². The van der Waals surface area contributed by atoms with E-state index in [0.29, 0.717) is 5.92 Å². The van der Waals surface area contributed by atoms with Crippen molar-refractivity contribution in [3.63, 3.8) is 0 Å². The van der Waals surface area contributed by atoms with E-state index in [-0.39, 0.29) is 24.0 Å². The van der Waals surface area contributed by atoms with Crippen LogP contribution in [0.4, 0.5) is 0 Å². The Hall–Kier alpha value is -1.40. The van der Waals surface area contributed by atoms with E-state index in [0.717, 1.165) is 19.5 Å². The molecule has 0 spiro atoms. The van der Waals surface area contributed by atoms with Crippen molar-refractivity contribution in [2.45, 2.75) is 83.0 Å². The van der Waals surface area contributed by atoms with E-state index in [4.69, 9.17) is 5.73 Å². The number of nitrogens with two attached hydrogens (primary N) is 1. The molecule has 1 saturated carbocycles. The quantitative estimate of drug-likeness (QED) is 0.768. The largest absolute Gasteiger partial charge is 0.353 e. The van der Waals surface area contributed by atoms with Gasteiger partial charge in [-0.15, -0.1) is 0 Å². The molecule has 6 heteroatoms. The predicted octanol–water partition coefficient (Wildman–Crippen LogP) is 1.88. The summed E-state index contributed by atoms with van der Waals surface area (Å²) in [6.45, 7) is 5.51. The van der Waals surface area contributed by atoms with Crippen molar-refractivity contribution < 1.29 is 4.79 Å². The number of likely N-dealkylation sites (tertiary alicyclic amines) is 1. The van der Waals surface area contributed by atoms with E-state index in [1.165, 1.54) is 43.4 Å². The Labute approximate surface area is 144 Å². The Morgan fingerprint density at radius 2 is 2.17 bits per heavy atom. The summed E-state index contributed by atoms with van der Waals surface area (Å²) in [6.07, 6.45) is 9.10. The monoisotopic (exact) mass is 333 g/mol. The first-order valence-electron chi connectivity index (χ1n) is 9.36. The van der Waals surface area contributed by atoms with Crippen molar-refractivity contribution in [2.75, 3.05) is 6.54 Å². The fourth-order valence-electron chi connectivity index (χ4n) is 4.18. The molecule has 2 atom stereocenters. The molecule has 1 saturated heterocycles. The van der Waals surface area contributed by atoms with Gasteiger partial charge in [-0.1, -0.05) is 19.3 Å². The van der Waals surface area contributed by atoms with Crippen LogP contribution in [0.3, 0.4) is 0 Å². The van der Waals surface area contributed by atoms with Gasteiger partial charge in [0.15, 0.2) is 0 Å². The zero-order valence-corrected chi connectivity index (χ0v) is 14.9. The number of hydrogen-bond acceptors (Lipinski definition) is 4. The van der Waals surface area contributed by atoms with Crippen LogP contribution in [0.2, 0.25) is 0 Å². The maximum atomic E-state index is 12.5. The Bertz CT molecular complexity index is 549. The molecule has 0 unspecified atom stereocenters. The summed E-state index contributed by atoms with van der Waals surface area (Å²) >= 11 is 0. The molecular weight excluding hydrogens is 302 g/mol. The highest BCUT2D eigenvalue weighted by molar-refractivity contribution is 5.82. The normalized spacial score (nSPS) is 26.2. The number of aromatic amines is 1. The third-order valence-corrected chi connectivity index (χ3v) is 5.31. The van der Waals surface area contributed by atoms with Crippen molar-refractivity contribution in [3.8, 4) is 0 Å². The maximum Gasteiger partial charge on any atom is 0.237 e. The lowest BCUT2D eigenvalue weighted by Gasteiger charge is -2.26. The Balaban J connectivity index is 1.70. The molecule has 2 aliphatic rings. The molecule has 1 aliphatic heterocycles. The molecule has 2 fully saturated rings. The summed E-state index contributed by atoms with van der Waals surface area (Å²) in [5.41, 5.74) is 8.66. The van der Waals surface area contributed by atoms with Gasteiger partial charge in [0.1, 0.15) is 0 Å². The van der Waals surface area contributed by atoms with Gasteiger partial charge in [0, 0.05) is 42.3 Å². The van der Waals surface area contributed by atoms with Gasteiger partial charge in [-0.3, -0.25) is 14.8 Å². The van der Waals surface area contributed by atoms with Crippen molar-refractivity contribution in [3.05, 3.63) is 17.5 Å². The Morgan fingerprint density at radius 1 is 1.42 bits per heavy atom. The number of H-pyrrole nitrogens is 1. The second-order valence-electron chi connectivity index (χ2n) is 7.75. The van der Waals surface area contributed by atoms with Gasteiger partial charge in [0.05, 0.1) is 12.2 Å². The minimum absolute atomic E-state index is 0.0675. The highest BCUT2D eigenvalue weighted by Crippen LogP contribution is 2.34. The molecule has 3 rings (SSSR count). The second kappa shape index (κ2) is 7.66. The summed E-state index contributed by atoms with van der Waals surface area (Å²) in [6, 6.07) is 0.0948. The van der Waals surface area contributed by atoms with Crippen LogP contribution in [0, 0.1) is 0 Å². The smallest absolute Gasteiger partial charge is 0.237 e. The van der Waals surface area contributed by atoms with E-state index in [9.17, 15) is 4.79 Å².